The lowest BCUT2D eigenvalue weighted by molar-refractivity contribution is 0.668. The molecule has 3 heteroatoms. The summed E-state index contributed by atoms with van der Waals surface area (Å²) < 4.78 is 14.7. The molecule has 3 heterocycles. The van der Waals surface area contributed by atoms with Crippen molar-refractivity contribution in [3.8, 4) is 16.8 Å². The van der Waals surface area contributed by atoms with E-state index >= 15 is 0 Å². The van der Waals surface area contributed by atoms with Crippen LogP contribution in [0.2, 0.25) is 0 Å². The molecule has 9 rings (SSSR count). The Labute approximate surface area is 223 Å². The molecule has 0 aliphatic heterocycles. The van der Waals surface area contributed by atoms with Gasteiger partial charge in [-0.15, -0.1) is 0 Å². The quantitative estimate of drug-likeness (QED) is 0.237. The van der Waals surface area contributed by atoms with E-state index in [1.807, 2.05) is 24.3 Å². The van der Waals surface area contributed by atoms with Gasteiger partial charge in [0.1, 0.15) is 22.3 Å². The van der Waals surface area contributed by atoms with Crippen LogP contribution in [0.4, 0.5) is 0 Å². The maximum atomic E-state index is 6.26. The van der Waals surface area contributed by atoms with Crippen molar-refractivity contribution in [3.05, 3.63) is 127 Å². The normalized spacial score (nSPS) is 12.1. The Morgan fingerprint density at radius 1 is 0.410 bits per heavy atom. The lowest BCUT2D eigenvalue weighted by Crippen LogP contribution is -1.94. The minimum atomic E-state index is 0.907. The highest BCUT2D eigenvalue weighted by atomic mass is 16.3. The summed E-state index contributed by atoms with van der Waals surface area (Å²) in [6.07, 6.45) is 0. The summed E-state index contributed by atoms with van der Waals surface area (Å²) in [4.78, 5) is 0. The van der Waals surface area contributed by atoms with Crippen LogP contribution in [0.15, 0.2) is 136 Å². The van der Waals surface area contributed by atoms with Gasteiger partial charge < -0.3 is 13.4 Å². The van der Waals surface area contributed by atoms with Crippen molar-refractivity contribution >= 4 is 65.7 Å². The molecule has 0 bridgehead atoms. The molecule has 0 N–H and O–H groups in total. The highest BCUT2D eigenvalue weighted by Gasteiger charge is 2.18. The highest BCUT2D eigenvalue weighted by Crippen LogP contribution is 2.41. The van der Waals surface area contributed by atoms with E-state index in [0.29, 0.717) is 0 Å². The van der Waals surface area contributed by atoms with Crippen molar-refractivity contribution in [2.75, 3.05) is 0 Å². The summed E-state index contributed by atoms with van der Waals surface area (Å²) in [5.74, 6) is 0. The Morgan fingerprint density at radius 2 is 1.03 bits per heavy atom. The van der Waals surface area contributed by atoms with Gasteiger partial charge in [-0.2, -0.15) is 0 Å². The molecule has 0 fully saturated rings. The molecule has 3 nitrogen and oxygen atoms in total. The fourth-order valence-electron chi connectivity index (χ4n) is 6.24. The molecular weight excluding hydrogens is 478 g/mol. The fraction of sp³-hybridized carbons (Fsp3) is 0. The average Bonchev–Trinajstić information content (AvgIpc) is 3.66. The van der Waals surface area contributed by atoms with E-state index in [9.17, 15) is 0 Å². The molecule has 9 aromatic rings. The van der Waals surface area contributed by atoms with Crippen LogP contribution >= 0.6 is 0 Å². The predicted octanol–water partition coefficient (Wildman–Crippen LogP) is 10.2. The van der Waals surface area contributed by atoms with Crippen LogP contribution in [0.1, 0.15) is 0 Å². The molecule has 0 spiro atoms. The Hall–Kier alpha value is -5.28. The van der Waals surface area contributed by atoms with Crippen molar-refractivity contribution in [2.45, 2.75) is 0 Å². The van der Waals surface area contributed by atoms with Crippen molar-refractivity contribution in [3.63, 3.8) is 0 Å². The largest absolute Gasteiger partial charge is 0.456 e. The first-order valence-electron chi connectivity index (χ1n) is 13.2. The predicted molar refractivity (Wildman–Crippen MR) is 161 cm³/mol. The fourth-order valence-corrected chi connectivity index (χ4v) is 6.24. The first kappa shape index (κ1) is 20.7. The number of para-hydroxylation sites is 3. The standard InChI is InChI=1S/C36H21NO2/c1-4-10-30-25(7-1)27-18-20-34-35(28-9-3-6-12-32(28)39-34)36(27)37(30)24-16-13-22(14-17-24)23-15-19-33-29(21-23)26-8-2-5-11-31(26)38-33/h1-21H. The first-order valence-corrected chi connectivity index (χ1v) is 13.2. The molecule has 0 aliphatic rings. The zero-order chi connectivity index (χ0) is 25.5. The topological polar surface area (TPSA) is 31.2 Å². The average molecular weight is 500 g/mol. The van der Waals surface area contributed by atoms with Crippen LogP contribution in [-0.4, -0.2) is 4.57 Å². The number of aromatic nitrogens is 1. The zero-order valence-electron chi connectivity index (χ0n) is 20.9. The molecule has 0 atom stereocenters. The van der Waals surface area contributed by atoms with Crippen LogP contribution in [0, 0.1) is 0 Å². The summed E-state index contributed by atoms with van der Waals surface area (Å²) in [5, 5.41) is 7.04. The van der Waals surface area contributed by atoms with E-state index in [1.54, 1.807) is 0 Å². The number of furan rings is 2. The van der Waals surface area contributed by atoms with Gasteiger partial charge in [-0.25, -0.2) is 0 Å². The van der Waals surface area contributed by atoms with E-state index in [4.69, 9.17) is 8.83 Å². The van der Waals surface area contributed by atoms with E-state index in [0.717, 1.165) is 49.6 Å². The Bertz CT molecular complexity index is 2380. The van der Waals surface area contributed by atoms with Crippen LogP contribution in [0.25, 0.3) is 82.5 Å². The zero-order valence-corrected chi connectivity index (χ0v) is 20.9. The van der Waals surface area contributed by atoms with Crippen molar-refractivity contribution in [2.24, 2.45) is 0 Å². The minimum absolute atomic E-state index is 0.907. The summed E-state index contributed by atoms with van der Waals surface area (Å²) in [6, 6.07) is 44.8. The lowest BCUT2D eigenvalue weighted by Gasteiger charge is -2.10. The molecule has 0 amide bonds. The third-order valence-corrected chi connectivity index (χ3v) is 8.01. The highest BCUT2D eigenvalue weighted by molar-refractivity contribution is 6.24. The molecule has 0 saturated heterocycles. The smallest absolute Gasteiger partial charge is 0.137 e. The number of nitrogens with zero attached hydrogens (tertiary/aromatic N) is 1. The molecule has 0 radical (unpaired) electrons. The SMILES string of the molecule is c1ccc2c(c1)oc1ccc(-c3ccc(-n4c5ccccc5c5ccc6oc7ccccc7c6c54)cc3)cc12. The third-order valence-electron chi connectivity index (χ3n) is 8.01. The Balaban J connectivity index is 1.28. The summed E-state index contributed by atoms with van der Waals surface area (Å²) in [7, 11) is 0. The molecule has 39 heavy (non-hydrogen) atoms. The summed E-state index contributed by atoms with van der Waals surface area (Å²) in [5.41, 5.74) is 9.48. The lowest BCUT2D eigenvalue weighted by atomic mass is 10.0. The van der Waals surface area contributed by atoms with Gasteiger partial charge in [-0.1, -0.05) is 72.8 Å². The van der Waals surface area contributed by atoms with Crippen LogP contribution in [0.3, 0.4) is 0 Å². The second-order valence-corrected chi connectivity index (χ2v) is 10.1. The second-order valence-electron chi connectivity index (χ2n) is 10.1. The number of rotatable bonds is 2. The number of fused-ring (bicyclic) bond motifs is 10. The molecular formula is C36H21NO2. The van der Waals surface area contributed by atoms with Crippen molar-refractivity contribution in [1.29, 1.82) is 0 Å². The van der Waals surface area contributed by atoms with Gasteiger partial charge >= 0.3 is 0 Å². The van der Waals surface area contributed by atoms with E-state index in [1.165, 1.54) is 32.9 Å². The van der Waals surface area contributed by atoms with E-state index in [-0.39, 0.29) is 0 Å². The number of benzene rings is 6. The second kappa shape index (κ2) is 7.62. The van der Waals surface area contributed by atoms with Crippen LogP contribution in [-0.2, 0) is 0 Å². The monoisotopic (exact) mass is 499 g/mol. The molecule has 0 saturated carbocycles. The molecule has 182 valence electrons. The summed E-state index contributed by atoms with van der Waals surface area (Å²) >= 11 is 0. The van der Waals surface area contributed by atoms with Gasteiger partial charge in [0, 0.05) is 32.6 Å². The van der Waals surface area contributed by atoms with E-state index < -0.39 is 0 Å². The van der Waals surface area contributed by atoms with Gasteiger partial charge in [0.15, 0.2) is 0 Å². The molecule has 0 unspecified atom stereocenters. The van der Waals surface area contributed by atoms with Crippen LogP contribution < -0.4 is 0 Å². The Morgan fingerprint density at radius 3 is 1.87 bits per heavy atom. The molecule has 6 aromatic carbocycles. The van der Waals surface area contributed by atoms with E-state index in [2.05, 4.69) is 108 Å². The maximum Gasteiger partial charge on any atom is 0.137 e. The molecule has 3 aromatic heterocycles. The van der Waals surface area contributed by atoms with Gasteiger partial charge in [-0.3, -0.25) is 0 Å². The van der Waals surface area contributed by atoms with Crippen molar-refractivity contribution < 1.29 is 8.83 Å². The maximum absolute atomic E-state index is 6.26. The third kappa shape index (κ3) is 2.87. The number of hydrogen-bond donors (Lipinski definition) is 0. The Kier molecular flexibility index (Phi) is 4.05. The van der Waals surface area contributed by atoms with Crippen LogP contribution in [0.5, 0.6) is 0 Å². The minimum Gasteiger partial charge on any atom is -0.456 e. The van der Waals surface area contributed by atoms with Gasteiger partial charge in [0.25, 0.3) is 0 Å². The van der Waals surface area contributed by atoms with Gasteiger partial charge in [0.05, 0.1) is 16.4 Å². The first-order chi connectivity index (χ1) is 19.3. The molecule has 0 aliphatic carbocycles. The van der Waals surface area contributed by atoms with Gasteiger partial charge in [0.2, 0.25) is 0 Å². The number of hydrogen-bond acceptors (Lipinski definition) is 2. The van der Waals surface area contributed by atoms with Gasteiger partial charge in [-0.05, 0) is 65.7 Å². The summed E-state index contributed by atoms with van der Waals surface area (Å²) in [6.45, 7) is 0. The van der Waals surface area contributed by atoms with Crippen molar-refractivity contribution in [1.82, 2.24) is 4.57 Å².